The van der Waals surface area contributed by atoms with Gasteiger partial charge in [0.2, 0.25) is 29.5 Å². The second-order valence-electron chi connectivity index (χ2n) is 17.3. The molecule has 18 heteroatoms. The van der Waals surface area contributed by atoms with Crippen LogP contribution in [-0.2, 0) is 42.9 Å². The topological polar surface area (TPSA) is 256 Å². The lowest BCUT2D eigenvalue weighted by Gasteiger charge is -2.64. The maximum atomic E-state index is 14.2. The fourth-order valence-electron chi connectivity index (χ4n) is 8.89. The molecule has 2 aliphatic heterocycles. The number of aliphatic carboxylic acids is 2. The number of nitrogens with two attached hydrogens (primary N) is 1. The van der Waals surface area contributed by atoms with Gasteiger partial charge in [0.25, 0.3) is 0 Å². The second-order valence-corrected chi connectivity index (χ2v) is 17.3. The lowest BCUT2D eigenvalue weighted by atomic mass is 9.43. The largest absolute Gasteiger partial charge is 0.482 e. The van der Waals surface area contributed by atoms with E-state index in [1.807, 2.05) is 0 Å². The Hall–Kier alpha value is -4.03. The summed E-state index contributed by atoms with van der Waals surface area (Å²) in [4.78, 5) is 91.7. The third-order valence-electron chi connectivity index (χ3n) is 12.4. The lowest BCUT2D eigenvalue weighted by molar-refractivity contribution is -0.199. The van der Waals surface area contributed by atoms with Gasteiger partial charge in [0.05, 0.1) is 30.1 Å². The van der Waals surface area contributed by atoms with E-state index in [2.05, 4.69) is 48.6 Å². The molecule has 17 nitrogen and oxygen atoms in total. The molecule has 3 saturated carbocycles. The van der Waals surface area contributed by atoms with E-state index >= 15 is 0 Å². The highest BCUT2D eigenvalue weighted by Gasteiger charge is 2.68. The minimum Gasteiger partial charge on any atom is -0.481 e. The Bertz CT molecular complexity index is 1540. The van der Waals surface area contributed by atoms with Gasteiger partial charge in [-0.05, 0) is 74.5 Å². The summed E-state index contributed by atoms with van der Waals surface area (Å²) in [6, 6.07) is -6.07. The molecule has 8 N–H and O–H groups in total. The van der Waals surface area contributed by atoms with Crippen molar-refractivity contribution < 1.29 is 53.1 Å². The lowest BCUT2D eigenvalue weighted by Crippen LogP contribution is -2.65. The first kappa shape index (κ1) is 44.7. The van der Waals surface area contributed by atoms with Crippen LogP contribution in [0.1, 0.15) is 99.8 Å². The molecule has 10 atom stereocenters. The standard InChI is InChI=1S/C38H61BN6O11/c1-9-11-27(39-55-26-17-21-16-25(37(21,6)7)38(26,8)56-39)42-34(52)24-12-10-15-45(24)36(54)31(20(4)5)44-35(53)30(19(2)3)43-33(51)23(13-14-28(46)47)41-32(50)22(40)18-29(48)49/h9,19-27,30-31H,1,10-18,40H2,2-8H3,(H,41,50)(H,42,52)(H,43,51)(H,44,53)(H,46,47)(H,48,49)/t21?,22-,23-,24-,25?,26?,27-,30-,31-,38-/m0/s1. The van der Waals surface area contributed by atoms with Crippen molar-refractivity contribution in [3.63, 3.8) is 0 Å². The monoisotopic (exact) mass is 788 g/mol. The Balaban J connectivity index is 1.43. The van der Waals surface area contributed by atoms with Crippen LogP contribution in [0.2, 0.25) is 0 Å². The van der Waals surface area contributed by atoms with E-state index in [1.165, 1.54) is 4.90 Å². The molecule has 3 unspecified atom stereocenters. The van der Waals surface area contributed by atoms with Crippen LogP contribution in [0.5, 0.6) is 0 Å². The van der Waals surface area contributed by atoms with Gasteiger partial charge in [-0.3, -0.25) is 33.6 Å². The number of amides is 5. The van der Waals surface area contributed by atoms with Gasteiger partial charge in [-0.1, -0.05) is 47.6 Å². The van der Waals surface area contributed by atoms with Crippen LogP contribution in [0, 0.1) is 29.1 Å². The first-order valence-corrected chi connectivity index (χ1v) is 19.8. The van der Waals surface area contributed by atoms with Crippen LogP contribution in [-0.4, -0.2) is 118 Å². The van der Waals surface area contributed by atoms with E-state index in [0.29, 0.717) is 31.1 Å². The van der Waals surface area contributed by atoms with Gasteiger partial charge in [-0.15, -0.1) is 6.58 Å². The number of nitrogens with one attached hydrogen (secondary N) is 4. The smallest absolute Gasteiger partial charge is 0.481 e. The molecule has 2 bridgehead atoms. The van der Waals surface area contributed by atoms with E-state index in [-0.39, 0.29) is 30.4 Å². The fourth-order valence-corrected chi connectivity index (χ4v) is 8.89. The Morgan fingerprint density at radius 3 is 2.12 bits per heavy atom. The molecule has 5 amide bonds. The quantitative estimate of drug-likeness (QED) is 0.0707. The van der Waals surface area contributed by atoms with Crippen molar-refractivity contribution in [1.82, 2.24) is 26.2 Å². The minimum atomic E-state index is -1.51. The molecule has 2 heterocycles. The van der Waals surface area contributed by atoms with Crippen molar-refractivity contribution in [2.24, 2.45) is 34.8 Å². The van der Waals surface area contributed by atoms with Crippen LogP contribution in [0.4, 0.5) is 0 Å². The van der Waals surface area contributed by atoms with Crippen LogP contribution < -0.4 is 27.0 Å². The zero-order valence-electron chi connectivity index (χ0n) is 33.7. The number of nitrogens with zero attached hydrogens (tertiary/aromatic N) is 1. The highest BCUT2D eigenvalue weighted by Crippen LogP contribution is 2.65. The normalized spacial score (nSPS) is 27.5. The van der Waals surface area contributed by atoms with Gasteiger partial charge in [0.1, 0.15) is 24.2 Å². The molecule has 0 radical (unpaired) electrons. The van der Waals surface area contributed by atoms with Crippen molar-refractivity contribution in [3.8, 4) is 0 Å². The molecule has 0 spiro atoms. The summed E-state index contributed by atoms with van der Waals surface area (Å²) in [6.45, 7) is 17.6. The molecule has 0 aromatic carbocycles. The summed E-state index contributed by atoms with van der Waals surface area (Å²) in [5.74, 6) is -6.58. The number of carbonyl (C=O) groups is 7. The number of hydrogen-bond acceptors (Lipinski definition) is 10. The molecule has 0 aromatic heterocycles. The predicted molar refractivity (Wildman–Crippen MR) is 204 cm³/mol. The molecule has 2 saturated heterocycles. The van der Waals surface area contributed by atoms with E-state index in [0.717, 1.165) is 12.8 Å². The fraction of sp³-hybridized carbons (Fsp3) is 0.763. The minimum absolute atomic E-state index is 0.0793. The van der Waals surface area contributed by atoms with E-state index in [9.17, 15) is 38.7 Å². The molecular weight excluding hydrogens is 727 g/mol. The third kappa shape index (κ3) is 9.73. The molecule has 5 fully saturated rings. The molecule has 56 heavy (non-hydrogen) atoms. The Labute approximate surface area is 329 Å². The summed E-state index contributed by atoms with van der Waals surface area (Å²) in [5.41, 5.74) is 5.32. The number of carboxylic acids is 2. The third-order valence-corrected chi connectivity index (χ3v) is 12.4. The van der Waals surface area contributed by atoms with Gasteiger partial charge in [0.15, 0.2) is 0 Å². The Morgan fingerprint density at radius 1 is 0.911 bits per heavy atom. The number of hydrogen-bond donors (Lipinski definition) is 7. The first-order chi connectivity index (χ1) is 26.1. The second kappa shape index (κ2) is 18.1. The number of carboxylic acid groups (broad SMARTS) is 2. The highest BCUT2D eigenvalue weighted by atomic mass is 16.7. The SMILES string of the molecule is C=CC[C@H](NC(=O)[C@@H]1CCCN1C(=O)[C@@H](NC(=O)[C@@H](NC(=O)[C@H](CCC(=O)O)NC(=O)[C@@H](N)CC(=O)O)C(C)C)C(C)C)B1OC2CC3CC(C3(C)C)[C@]2(C)O1. The highest BCUT2D eigenvalue weighted by molar-refractivity contribution is 6.48. The molecule has 0 aromatic rings. The molecule has 312 valence electrons. The van der Waals surface area contributed by atoms with Crippen LogP contribution in [0.15, 0.2) is 12.7 Å². The summed E-state index contributed by atoms with van der Waals surface area (Å²) >= 11 is 0. The summed E-state index contributed by atoms with van der Waals surface area (Å²) in [7, 11) is -0.683. The summed E-state index contributed by atoms with van der Waals surface area (Å²) < 4.78 is 13.1. The van der Waals surface area contributed by atoms with Crippen LogP contribution in [0.25, 0.3) is 0 Å². The Kier molecular flexibility index (Phi) is 14.4. The van der Waals surface area contributed by atoms with Crippen LogP contribution >= 0.6 is 0 Å². The van der Waals surface area contributed by atoms with Crippen molar-refractivity contribution in [3.05, 3.63) is 12.7 Å². The summed E-state index contributed by atoms with van der Waals surface area (Å²) in [5, 5.41) is 28.9. The maximum Gasteiger partial charge on any atom is 0.482 e. The molecule has 3 aliphatic carbocycles. The Morgan fingerprint density at radius 2 is 1.55 bits per heavy atom. The van der Waals surface area contributed by atoms with E-state index in [4.69, 9.17) is 20.1 Å². The van der Waals surface area contributed by atoms with Gasteiger partial charge in [0, 0.05) is 13.0 Å². The average molecular weight is 789 g/mol. The van der Waals surface area contributed by atoms with Crippen LogP contribution in [0.3, 0.4) is 0 Å². The average Bonchev–Trinajstić information content (AvgIpc) is 3.74. The van der Waals surface area contributed by atoms with Crippen molar-refractivity contribution in [2.75, 3.05) is 6.54 Å². The number of carbonyl (C=O) groups excluding carboxylic acids is 5. The predicted octanol–water partition coefficient (Wildman–Crippen LogP) is 0.739. The summed E-state index contributed by atoms with van der Waals surface area (Å²) in [6.07, 6.45) is 3.36. The van der Waals surface area contributed by atoms with Gasteiger partial charge >= 0.3 is 19.1 Å². The van der Waals surface area contributed by atoms with E-state index in [1.54, 1.807) is 33.8 Å². The van der Waals surface area contributed by atoms with E-state index < -0.39 is 109 Å². The van der Waals surface area contributed by atoms with Crippen molar-refractivity contribution >= 4 is 48.6 Å². The number of likely N-dealkylation sites (tertiary alicyclic amines) is 1. The van der Waals surface area contributed by atoms with Gasteiger partial charge in [-0.25, -0.2) is 0 Å². The van der Waals surface area contributed by atoms with Gasteiger partial charge < -0.3 is 51.4 Å². The van der Waals surface area contributed by atoms with Crippen molar-refractivity contribution in [1.29, 1.82) is 0 Å². The maximum absolute atomic E-state index is 14.2. The number of rotatable bonds is 19. The molecule has 5 aliphatic rings. The van der Waals surface area contributed by atoms with Crippen molar-refractivity contribution in [2.45, 2.75) is 148 Å². The zero-order valence-corrected chi connectivity index (χ0v) is 33.7. The molecule has 5 rings (SSSR count). The zero-order chi connectivity index (χ0) is 41.9. The molecular formula is C38H61BN6O11. The van der Waals surface area contributed by atoms with Gasteiger partial charge in [-0.2, -0.15) is 0 Å². The first-order valence-electron chi connectivity index (χ1n) is 19.8.